The number of H-pyrrole nitrogens is 1. The molecule has 2 unspecified atom stereocenters. The second-order valence-electron chi connectivity index (χ2n) is 5.57. The van der Waals surface area contributed by atoms with Crippen molar-refractivity contribution in [2.75, 3.05) is 13.7 Å². The number of hydrogen-bond donors (Lipinski definition) is 1. The summed E-state index contributed by atoms with van der Waals surface area (Å²) in [6, 6.07) is 7.52. The highest BCUT2D eigenvalue weighted by molar-refractivity contribution is 7.71. The van der Waals surface area contributed by atoms with Crippen LogP contribution < -0.4 is 9.47 Å². The molecule has 1 fully saturated rings. The summed E-state index contributed by atoms with van der Waals surface area (Å²) in [7, 11) is 1.63. The van der Waals surface area contributed by atoms with E-state index in [4.69, 9.17) is 26.4 Å². The number of aromatic amines is 1. The molecule has 0 amide bonds. The first-order valence-corrected chi connectivity index (χ1v) is 8.15. The Hall–Kier alpha value is -1.86. The number of rotatable bonds is 6. The van der Waals surface area contributed by atoms with Gasteiger partial charge in [0.1, 0.15) is 11.5 Å². The predicted octanol–water partition coefficient (Wildman–Crippen LogP) is 3.27. The molecule has 23 heavy (non-hydrogen) atoms. The lowest BCUT2D eigenvalue weighted by Gasteiger charge is -2.17. The summed E-state index contributed by atoms with van der Waals surface area (Å²) in [5, 5.41) is 7.19. The van der Waals surface area contributed by atoms with Crippen molar-refractivity contribution in [2.45, 2.75) is 38.5 Å². The van der Waals surface area contributed by atoms with E-state index < -0.39 is 0 Å². The van der Waals surface area contributed by atoms with Crippen molar-refractivity contribution in [3.05, 3.63) is 34.9 Å². The zero-order valence-electron chi connectivity index (χ0n) is 13.3. The van der Waals surface area contributed by atoms with Crippen molar-refractivity contribution in [3.63, 3.8) is 0 Å². The monoisotopic (exact) mass is 335 g/mol. The van der Waals surface area contributed by atoms with Gasteiger partial charge in [-0.3, -0.25) is 9.67 Å². The van der Waals surface area contributed by atoms with Crippen LogP contribution in [-0.2, 0) is 11.3 Å². The molecule has 2 aromatic rings. The summed E-state index contributed by atoms with van der Waals surface area (Å²) in [6.07, 6.45) is 2.11. The van der Waals surface area contributed by atoms with E-state index in [1.54, 1.807) is 7.11 Å². The average molecular weight is 335 g/mol. The maximum absolute atomic E-state index is 5.99. The summed E-state index contributed by atoms with van der Waals surface area (Å²) in [6.45, 7) is 3.48. The summed E-state index contributed by atoms with van der Waals surface area (Å²) in [5.41, 5.74) is 0. The van der Waals surface area contributed by atoms with Crippen LogP contribution in [0.4, 0.5) is 0 Å². The smallest absolute Gasteiger partial charge is 0.195 e. The quantitative estimate of drug-likeness (QED) is 0.821. The molecule has 2 atom stereocenters. The third kappa shape index (κ3) is 3.73. The maximum Gasteiger partial charge on any atom is 0.195 e. The number of methoxy groups -OCH3 is 1. The van der Waals surface area contributed by atoms with E-state index in [1.165, 1.54) is 0 Å². The van der Waals surface area contributed by atoms with Gasteiger partial charge in [0.15, 0.2) is 16.7 Å². The molecule has 1 saturated heterocycles. The van der Waals surface area contributed by atoms with Gasteiger partial charge in [-0.2, -0.15) is 5.10 Å². The summed E-state index contributed by atoms with van der Waals surface area (Å²) >= 11 is 5.34. The van der Waals surface area contributed by atoms with E-state index in [1.807, 2.05) is 35.8 Å². The van der Waals surface area contributed by atoms with Gasteiger partial charge in [-0.25, -0.2) is 0 Å². The first kappa shape index (κ1) is 16.0. The minimum atomic E-state index is -0.239. The largest absolute Gasteiger partial charge is 0.497 e. The minimum absolute atomic E-state index is 0.196. The molecule has 1 N–H and O–H groups in total. The van der Waals surface area contributed by atoms with E-state index in [-0.39, 0.29) is 12.2 Å². The number of nitrogens with one attached hydrogen (secondary N) is 1. The summed E-state index contributed by atoms with van der Waals surface area (Å²) in [5.74, 6) is 2.26. The van der Waals surface area contributed by atoms with Crippen LogP contribution in [0.2, 0.25) is 0 Å². The molecule has 3 rings (SSSR count). The SMILES string of the molecule is COc1cccc(OC(C)c2n[nH]c(=S)n2CC2CCCO2)c1. The third-order valence-corrected chi connectivity index (χ3v) is 4.23. The van der Waals surface area contributed by atoms with Gasteiger partial charge in [-0.05, 0) is 44.1 Å². The number of benzene rings is 1. The number of nitrogens with zero attached hydrogens (tertiary/aromatic N) is 2. The fourth-order valence-corrected chi connectivity index (χ4v) is 2.95. The standard InChI is InChI=1S/C16H21N3O3S/c1-11(22-13-6-3-5-12(9-13)20-2)15-17-18-16(23)19(15)10-14-7-4-8-21-14/h3,5-6,9,11,14H,4,7-8,10H2,1-2H3,(H,18,23). The van der Waals surface area contributed by atoms with Crippen LogP contribution in [-0.4, -0.2) is 34.6 Å². The van der Waals surface area contributed by atoms with E-state index in [2.05, 4.69) is 10.2 Å². The molecule has 0 saturated carbocycles. The molecule has 2 heterocycles. The van der Waals surface area contributed by atoms with Gasteiger partial charge in [-0.1, -0.05) is 6.07 Å². The topological polar surface area (TPSA) is 61.3 Å². The molecule has 6 nitrogen and oxygen atoms in total. The molecule has 0 spiro atoms. The van der Waals surface area contributed by atoms with E-state index in [0.29, 0.717) is 11.3 Å². The Labute approximate surface area is 140 Å². The lowest BCUT2D eigenvalue weighted by Crippen LogP contribution is -2.19. The minimum Gasteiger partial charge on any atom is -0.497 e. The third-order valence-electron chi connectivity index (χ3n) is 3.92. The summed E-state index contributed by atoms with van der Waals surface area (Å²) < 4.78 is 19.5. The Morgan fingerprint density at radius 2 is 2.30 bits per heavy atom. The molecule has 0 bridgehead atoms. The Bertz CT molecular complexity index is 707. The molecule has 0 radical (unpaired) electrons. The fourth-order valence-electron chi connectivity index (χ4n) is 2.74. The van der Waals surface area contributed by atoms with Crippen LogP contribution in [0.25, 0.3) is 0 Å². The van der Waals surface area contributed by atoms with Crippen LogP contribution in [0.15, 0.2) is 24.3 Å². The second-order valence-corrected chi connectivity index (χ2v) is 5.96. The number of hydrogen-bond acceptors (Lipinski definition) is 5. The molecule has 1 aliphatic rings. The van der Waals surface area contributed by atoms with Gasteiger partial charge < -0.3 is 14.2 Å². The Morgan fingerprint density at radius 1 is 1.48 bits per heavy atom. The van der Waals surface area contributed by atoms with Crippen molar-refractivity contribution >= 4 is 12.2 Å². The lowest BCUT2D eigenvalue weighted by molar-refractivity contribution is 0.0935. The zero-order chi connectivity index (χ0) is 16.2. The van der Waals surface area contributed by atoms with Crippen molar-refractivity contribution in [2.24, 2.45) is 0 Å². The van der Waals surface area contributed by atoms with Crippen molar-refractivity contribution in [1.82, 2.24) is 14.8 Å². The van der Waals surface area contributed by atoms with Gasteiger partial charge in [0, 0.05) is 12.7 Å². The summed E-state index contributed by atoms with van der Waals surface area (Å²) in [4.78, 5) is 0. The Morgan fingerprint density at radius 3 is 3.04 bits per heavy atom. The molecule has 124 valence electrons. The van der Waals surface area contributed by atoms with Crippen LogP contribution in [0.3, 0.4) is 0 Å². The van der Waals surface area contributed by atoms with Gasteiger partial charge >= 0.3 is 0 Å². The molecule has 7 heteroatoms. The van der Waals surface area contributed by atoms with E-state index in [9.17, 15) is 0 Å². The van der Waals surface area contributed by atoms with Gasteiger partial charge in [-0.15, -0.1) is 0 Å². The van der Waals surface area contributed by atoms with Crippen LogP contribution in [0.1, 0.15) is 31.7 Å². The molecular weight excluding hydrogens is 314 g/mol. The average Bonchev–Trinajstić information content (AvgIpc) is 3.19. The highest BCUT2D eigenvalue weighted by Gasteiger charge is 2.21. The van der Waals surface area contributed by atoms with Gasteiger partial charge in [0.2, 0.25) is 0 Å². The zero-order valence-corrected chi connectivity index (χ0v) is 14.1. The molecule has 1 aliphatic heterocycles. The highest BCUT2D eigenvalue weighted by Crippen LogP contribution is 2.25. The first-order chi connectivity index (χ1) is 11.2. The van der Waals surface area contributed by atoms with Gasteiger partial charge in [0.25, 0.3) is 0 Å². The second kappa shape index (κ2) is 7.14. The normalized spacial score (nSPS) is 18.8. The van der Waals surface area contributed by atoms with Crippen LogP contribution in [0, 0.1) is 4.77 Å². The highest BCUT2D eigenvalue weighted by atomic mass is 32.1. The first-order valence-electron chi connectivity index (χ1n) is 7.75. The Balaban J connectivity index is 1.76. The molecular formula is C16H21N3O3S. The number of aromatic nitrogens is 3. The van der Waals surface area contributed by atoms with Crippen LogP contribution in [0.5, 0.6) is 11.5 Å². The lowest BCUT2D eigenvalue weighted by atomic mass is 10.2. The van der Waals surface area contributed by atoms with E-state index >= 15 is 0 Å². The predicted molar refractivity (Wildman–Crippen MR) is 88.4 cm³/mol. The molecule has 1 aromatic heterocycles. The molecule has 1 aromatic carbocycles. The van der Waals surface area contributed by atoms with Crippen molar-refractivity contribution in [1.29, 1.82) is 0 Å². The van der Waals surface area contributed by atoms with Crippen molar-refractivity contribution < 1.29 is 14.2 Å². The number of ether oxygens (including phenoxy) is 3. The fraction of sp³-hybridized carbons (Fsp3) is 0.500. The Kier molecular flexibility index (Phi) is 4.97. The van der Waals surface area contributed by atoms with E-state index in [0.717, 1.165) is 36.8 Å². The maximum atomic E-state index is 5.99. The van der Waals surface area contributed by atoms with Gasteiger partial charge in [0.05, 0.1) is 19.8 Å². The van der Waals surface area contributed by atoms with Crippen LogP contribution >= 0.6 is 12.2 Å². The molecule has 0 aliphatic carbocycles. The van der Waals surface area contributed by atoms with Crippen molar-refractivity contribution in [3.8, 4) is 11.5 Å².